The second-order valence-electron chi connectivity index (χ2n) is 4.24. The summed E-state index contributed by atoms with van der Waals surface area (Å²) in [6.07, 6.45) is -5.51. The molecule has 1 aliphatic carbocycles. The van der Waals surface area contributed by atoms with E-state index in [0.29, 0.717) is 0 Å². The van der Waals surface area contributed by atoms with E-state index in [-0.39, 0.29) is 6.42 Å². The molecule has 0 radical (unpaired) electrons. The highest BCUT2D eigenvalue weighted by atomic mass is 19.4. The Bertz CT molecular complexity index is 244. The molecule has 0 aromatic carbocycles. The number of hydrogen-bond donors (Lipinski definition) is 1. The molecule has 13 heavy (non-hydrogen) atoms. The van der Waals surface area contributed by atoms with Gasteiger partial charge in [-0.25, -0.2) is 0 Å². The third-order valence-electron chi connectivity index (χ3n) is 2.83. The maximum atomic E-state index is 12.0. The van der Waals surface area contributed by atoms with Crippen molar-refractivity contribution in [3.05, 3.63) is 0 Å². The van der Waals surface area contributed by atoms with Gasteiger partial charge in [0.2, 0.25) is 0 Å². The van der Waals surface area contributed by atoms with Crippen molar-refractivity contribution in [1.82, 2.24) is 0 Å². The number of alkyl halides is 3. The second kappa shape index (κ2) is 2.39. The smallest absolute Gasteiger partial charge is 0.390 e. The Morgan fingerprint density at radius 1 is 1.46 bits per heavy atom. The average molecular weight is 196 g/mol. The average Bonchev–Trinajstić information content (AvgIpc) is 2.30. The minimum Gasteiger partial charge on any atom is -0.481 e. The van der Waals surface area contributed by atoms with Crippen molar-refractivity contribution in [3.63, 3.8) is 0 Å². The fraction of sp³-hybridized carbons (Fsp3) is 0.875. The molecular formula is C8H11F3O2. The van der Waals surface area contributed by atoms with E-state index in [1.165, 1.54) is 0 Å². The van der Waals surface area contributed by atoms with Crippen LogP contribution in [0.5, 0.6) is 0 Å². The van der Waals surface area contributed by atoms with E-state index < -0.39 is 29.4 Å². The number of halogens is 3. The molecule has 0 aliphatic heterocycles. The Morgan fingerprint density at radius 3 is 1.92 bits per heavy atom. The first-order chi connectivity index (χ1) is 5.61. The lowest BCUT2D eigenvalue weighted by Gasteiger charge is -2.17. The Balaban J connectivity index is 2.81. The summed E-state index contributed by atoms with van der Waals surface area (Å²) in [6.45, 7) is 3.10. The number of carboxylic acids is 1. The third kappa shape index (κ3) is 1.64. The van der Waals surface area contributed by atoms with E-state index in [2.05, 4.69) is 0 Å². The Morgan fingerprint density at radius 2 is 1.85 bits per heavy atom. The highest BCUT2D eigenvalue weighted by Gasteiger charge is 2.69. The zero-order valence-corrected chi connectivity index (χ0v) is 7.40. The standard InChI is InChI=1S/C8H11F3O2/c1-6(2)3-7(6,5(12)13)4-8(9,10)11/h3-4H2,1-2H3,(H,12,13). The van der Waals surface area contributed by atoms with Crippen LogP contribution in [0.4, 0.5) is 13.2 Å². The fourth-order valence-corrected chi connectivity index (χ4v) is 1.79. The van der Waals surface area contributed by atoms with Gasteiger partial charge in [0.15, 0.2) is 0 Å². The normalized spacial score (nSPS) is 31.5. The predicted molar refractivity (Wildman–Crippen MR) is 39.1 cm³/mol. The summed E-state index contributed by atoms with van der Waals surface area (Å²) in [5, 5.41) is 8.70. The van der Waals surface area contributed by atoms with Gasteiger partial charge in [0.1, 0.15) is 0 Å². The van der Waals surface area contributed by atoms with Crippen molar-refractivity contribution in [2.24, 2.45) is 10.8 Å². The highest BCUT2D eigenvalue weighted by Crippen LogP contribution is 2.67. The summed E-state index contributed by atoms with van der Waals surface area (Å²) in [5.41, 5.74) is -2.31. The Hall–Kier alpha value is -0.740. The number of rotatable bonds is 2. The molecule has 1 aliphatic rings. The first-order valence-corrected chi connectivity index (χ1v) is 3.91. The van der Waals surface area contributed by atoms with E-state index in [1.807, 2.05) is 0 Å². The Labute approximate surface area is 73.7 Å². The fourth-order valence-electron chi connectivity index (χ4n) is 1.79. The van der Waals surface area contributed by atoms with Crippen LogP contribution in [0.1, 0.15) is 26.7 Å². The van der Waals surface area contributed by atoms with Crippen molar-refractivity contribution < 1.29 is 23.1 Å². The van der Waals surface area contributed by atoms with Crippen molar-refractivity contribution in [1.29, 1.82) is 0 Å². The van der Waals surface area contributed by atoms with Crippen LogP contribution in [0.2, 0.25) is 0 Å². The summed E-state index contributed by atoms with van der Waals surface area (Å²) in [4.78, 5) is 10.7. The summed E-state index contributed by atoms with van der Waals surface area (Å²) in [7, 11) is 0. The number of aliphatic carboxylic acids is 1. The first-order valence-electron chi connectivity index (χ1n) is 3.91. The van der Waals surface area contributed by atoms with E-state index in [1.54, 1.807) is 13.8 Å². The van der Waals surface area contributed by atoms with Gasteiger partial charge in [-0.15, -0.1) is 0 Å². The zero-order valence-electron chi connectivity index (χ0n) is 7.40. The van der Waals surface area contributed by atoms with Crippen LogP contribution in [-0.2, 0) is 4.79 Å². The van der Waals surface area contributed by atoms with Gasteiger partial charge in [-0.3, -0.25) is 4.79 Å². The molecule has 0 heterocycles. The monoisotopic (exact) mass is 196 g/mol. The van der Waals surface area contributed by atoms with Gasteiger partial charge in [0, 0.05) is 0 Å². The number of carbonyl (C=O) groups is 1. The van der Waals surface area contributed by atoms with Crippen LogP contribution in [0.3, 0.4) is 0 Å². The molecule has 1 fully saturated rings. The lowest BCUT2D eigenvalue weighted by molar-refractivity contribution is -0.170. The van der Waals surface area contributed by atoms with Crippen LogP contribution in [0.15, 0.2) is 0 Å². The van der Waals surface area contributed by atoms with Crippen molar-refractivity contribution in [2.45, 2.75) is 32.9 Å². The lowest BCUT2D eigenvalue weighted by atomic mass is 9.92. The van der Waals surface area contributed by atoms with E-state index in [9.17, 15) is 18.0 Å². The molecule has 0 amide bonds. The van der Waals surface area contributed by atoms with Crippen LogP contribution in [-0.4, -0.2) is 17.3 Å². The van der Waals surface area contributed by atoms with Crippen molar-refractivity contribution in [2.75, 3.05) is 0 Å². The van der Waals surface area contributed by atoms with Crippen LogP contribution in [0.25, 0.3) is 0 Å². The number of carboxylic acid groups (broad SMARTS) is 1. The minimum absolute atomic E-state index is 0.106. The van der Waals surface area contributed by atoms with Gasteiger partial charge in [0.25, 0.3) is 0 Å². The zero-order chi connectivity index (χ0) is 10.5. The molecule has 1 unspecified atom stereocenters. The third-order valence-corrected chi connectivity index (χ3v) is 2.83. The molecule has 0 aromatic heterocycles. The Kier molecular flexibility index (Phi) is 1.90. The molecule has 76 valence electrons. The summed E-state index contributed by atoms with van der Waals surface area (Å²) >= 11 is 0. The van der Waals surface area contributed by atoms with E-state index in [0.717, 1.165) is 0 Å². The molecule has 0 spiro atoms. The molecule has 0 aromatic rings. The molecule has 5 heteroatoms. The molecule has 0 saturated heterocycles. The number of hydrogen-bond acceptors (Lipinski definition) is 1. The predicted octanol–water partition coefficient (Wildman–Crippen LogP) is 2.44. The van der Waals surface area contributed by atoms with Crippen LogP contribution < -0.4 is 0 Å². The van der Waals surface area contributed by atoms with E-state index >= 15 is 0 Å². The van der Waals surface area contributed by atoms with Crippen LogP contribution in [0, 0.1) is 10.8 Å². The summed E-state index contributed by atoms with van der Waals surface area (Å²) in [5.74, 6) is -1.34. The molecule has 2 nitrogen and oxygen atoms in total. The maximum Gasteiger partial charge on any atom is 0.390 e. The quantitative estimate of drug-likeness (QED) is 0.736. The van der Waals surface area contributed by atoms with Gasteiger partial charge < -0.3 is 5.11 Å². The summed E-state index contributed by atoms with van der Waals surface area (Å²) < 4.78 is 36.1. The van der Waals surface area contributed by atoms with Crippen molar-refractivity contribution in [3.8, 4) is 0 Å². The summed E-state index contributed by atoms with van der Waals surface area (Å²) in [6, 6.07) is 0. The molecule has 1 atom stereocenters. The molecule has 1 saturated carbocycles. The molecule has 1 rings (SSSR count). The van der Waals surface area contributed by atoms with Gasteiger partial charge in [-0.2, -0.15) is 13.2 Å². The molecule has 0 bridgehead atoms. The lowest BCUT2D eigenvalue weighted by Crippen LogP contribution is -2.27. The van der Waals surface area contributed by atoms with Crippen molar-refractivity contribution >= 4 is 5.97 Å². The highest BCUT2D eigenvalue weighted by molar-refractivity contribution is 5.79. The molecular weight excluding hydrogens is 185 g/mol. The SMILES string of the molecule is CC1(C)CC1(CC(F)(F)F)C(=O)O. The topological polar surface area (TPSA) is 37.3 Å². The van der Waals surface area contributed by atoms with E-state index in [4.69, 9.17) is 5.11 Å². The molecule has 1 N–H and O–H groups in total. The maximum absolute atomic E-state index is 12.0. The van der Waals surface area contributed by atoms with Gasteiger partial charge in [-0.05, 0) is 11.8 Å². The largest absolute Gasteiger partial charge is 0.481 e. The van der Waals surface area contributed by atoms with Crippen LogP contribution >= 0.6 is 0 Å². The van der Waals surface area contributed by atoms with Gasteiger partial charge in [0.05, 0.1) is 11.8 Å². The van der Waals surface area contributed by atoms with Gasteiger partial charge >= 0.3 is 12.1 Å². The second-order valence-corrected chi connectivity index (χ2v) is 4.24. The van der Waals surface area contributed by atoms with Gasteiger partial charge in [-0.1, -0.05) is 13.8 Å². The minimum atomic E-state index is -4.40. The first kappa shape index (κ1) is 10.3.